The van der Waals surface area contributed by atoms with Crippen molar-refractivity contribution < 1.29 is 42.1 Å². The lowest BCUT2D eigenvalue weighted by Gasteiger charge is -2.25. The summed E-state index contributed by atoms with van der Waals surface area (Å²) in [6.45, 7) is 7.87. The van der Waals surface area contributed by atoms with Gasteiger partial charge in [-0.25, -0.2) is 13.9 Å². The van der Waals surface area contributed by atoms with Crippen LogP contribution in [-0.4, -0.2) is 74.3 Å². The summed E-state index contributed by atoms with van der Waals surface area (Å²) in [5, 5.41) is 13.9. The minimum Gasteiger partial charge on any atom is -0.476 e. The van der Waals surface area contributed by atoms with Gasteiger partial charge in [-0.1, -0.05) is 25.4 Å². The van der Waals surface area contributed by atoms with Gasteiger partial charge >= 0.3 is 13.7 Å². The van der Waals surface area contributed by atoms with Crippen LogP contribution < -0.4 is 20.1 Å². The lowest BCUT2D eigenvalue weighted by atomic mass is 9.98. The van der Waals surface area contributed by atoms with Crippen LogP contribution in [0.4, 0.5) is 10.3 Å². The van der Waals surface area contributed by atoms with Crippen molar-refractivity contribution in [2.24, 2.45) is 5.92 Å². The zero-order chi connectivity index (χ0) is 31.5. The molecule has 1 aliphatic heterocycles. The Morgan fingerprint density at radius 2 is 2.00 bits per heavy atom. The number of ether oxygens (including phenoxy) is 3. The molecule has 0 bridgehead atoms. The molecule has 0 saturated carbocycles. The maximum Gasteiger partial charge on any atom is 0.459 e. The van der Waals surface area contributed by atoms with Crippen LogP contribution >= 0.6 is 19.3 Å². The zero-order valence-electron chi connectivity index (χ0n) is 24.3. The van der Waals surface area contributed by atoms with Crippen LogP contribution in [0.5, 0.6) is 11.6 Å². The number of alkyl halides is 1. The first-order valence-electron chi connectivity index (χ1n) is 13.5. The van der Waals surface area contributed by atoms with E-state index in [1.165, 1.54) is 42.1 Å². The number of fused-ring (bicyclic) bond motifs is 1. The zero-order valence-corrected chi connectivity index (χ0v) is 25.9. The number of aliphatic hydroxyl groups is 1. The van der Waals surface area contributed by atoms with E-state index in [1.807, 2.05) is 13.8 Å². The highest BCUT2D eigenvalue weighted by Crippen LogP contribution is 2.48. The topological polar surface area (TPSA) is 182 Å². The van der Waals surface area contributed by atoms with Gasteiger partial charge in [0.15, 0.2) is 23.1 Å². The van der Waals surface area contributed by atoms with Gasteiger partial charge in [-0.3, -0.25) is 13.9 Å². The number of nitrogen functional groups attached to an aromatic ring is 1. The van der Waals surface area contributed by atoms with Crippen molar-refractivity contribution in [3.8, 4) is 11.6 Å². The number of hydrogen-bond acceptors (Lipinski definition) is 12. The summed E-state index contributed by atoms with van der Waals surface area (Å²) in [6, 6.07) is 4.80. The molecule has 3 aromatic rings. The molecule has 1 aromatic carbocycles. The van der Waals surface area contributed by atoms with Crippen molar-refractivity contribution in [2.75, 3.05) is 25.6 Å². The van der Waals surface area contributed by atoms with E-state index in [2.05, 4.69) is 20.0 Å². The van der Waals surface area contributed by atoms with E-state index in [0.29, 0.717) is 5.02 Å². The summed E-state index contributed by atoms with van der Waals surface area (Å²) < 4.78 is 59.0. The van der Waals surface area contributed by atoms with E-state index in [1.54, 1.807) is 6.92 Å². The largest absolute Gasteiger partial charge is 0.476 e. The van der Waals surface area contributed by atoms with Crippen LogP contribution in [0.25, 0.3) is 11.2 Å². The SMILES string of the molecule is CCOc1nc(N)nc2c1ncn2[C@@H]1O[C@H](COP(=O)(N[C@@H](C)C(=O)OCC(C)C)Oc2ccc(Cl)cc2)[C@@H](O)[C@@]1(C)F. The minimum absolute atomic E-state index is 0.0785. The molecule has 1 fully saturated rings. The Balaban J connectivity index is 1.56. The quantitative estimate of drug-likeness (QED) is 0.180. The van der Waals surface area contributed by atoms with Gasteiger partial charge in [0.2, 0.25) is 11.8 Å². The van der Waals surface area contributed by atoms with E-state index in [-0.39, 0.29) is 47.9 Å². The van der Waals surface area contributed by atoms with Crippen LogP contribution in [-0.2, 0) is 23.4 Å². The van der Waals surface area contributed by atoms with Gasteiger partial charge in [0, 0.05) is 5.02 Å². The summed E-state index contributed by atoms with van der Waals surface area (Å²) in [6.07, 6.45) is -3.27. The van der Waals surface area contributed by atoms with Gasteiger partial charge in [0.05, 0.1) is 26.1 Å². The third kappa shape index (κ3) is 7.54. The molecular weight excluding hydrogens is 610 g/mol. The number of carbonyl (C=O) groups excluding carboxylic acids is 1. The van der Waals surface area contributed by atoms with E-state index >= 15 is 4.39 Å². The predicted molar refractivity (Wildman–Crippen MR) is 154 cm³/mol. The minimum atomic E-state index is -4.35. The molecule has 1 saturated heterocycles. The molecule has 6 atom stereocenters. The number of nitrogens with zero attached hydrogens (tertiary/aromatic N) is 4. The highest BCUT2D eigenvalue weighted by molar-refractivity contribution is 7.52. The van der Waals surface area contributed by atoms with Crippen LogP contribution in [0.1, 0.15) is 40.8 Å². The Bertz CT molecular complexity index is 1480. The van der Waals surface area contributed by atoms with Crippen molar-refractivity contribution in [3.63, 3.8) is 0 Å². The van der Waals surface area contributed by atoms with E-state index < -0.39 is 50.5 Å². The van der Waals surface area contributed by atoms with Gasteiger partial charge in [0.1, 0.15) is 24.0 Å². The molecule has 0 amide bonds. The maximum absolute atomic E-state index is 16.1. The fourth-order valence-electron chi connectivity index (χ4n) is 4.23. The number of benzene rings is 1. The number of hydrogen-bond donors (Lipinski definition) is 3. The van der Waals surface area contributed by atoms with E-state index in [0.717, 1.165) is 6.92 Å². The third-order valence-corrected chi connectivity index (χ3v) is 8.27. The molecule has 0 radical (unpaired) electrons. The predicted octanol–water partition coefficient (Wildman–Crippen LogP) is 3.83. The molecule has 17 heteroatoms. The van der Waals surface area contributed by atoms with E-state index in [4.69, 9.17) is 40.6 Å². The number of aromatic nitrogens is 4. The van der Waals surface area contributed by atoms with Crippen molar-refractivity contribution >= 4 is 42.4 Å². The van der Waals surface area contributed by atoms with Crippen molar-refractivity contribution in [1.82, 2.24) is 24.6 Å². The van der Waals surface area contributed by atoms with E-state index in [9.17, 15) is 14.5 Å². The maximum atomic E-state index is 16.1. The third-order valence-electron chi connectivity index (χ3n) is 6.37. The molecule has 0 aliphatic carbocycles. The average Bonchev–Trinajstić information content (AvgIpc) is 3.45. The molecule has 1 aliphatic rings. The number of aliphatic hydroxyl groups excluding tert-OH is 1. The lowest BCUT2D eigenvalue weighted by Crippen LogP contribution is -2.41. The second-order valence-corrected chi connectivity index (χ2v) is 12.6. The molecule has 4 rings (SSSR count). The van der Waals surface area contributed by atoms with Gasteiger partial charge in [0.25, 0.3) is 0 Å². The fourth-order valence-corrected chi connectivity index (χ4v) is 5.85. The molecule has 3 heterocycles. The van der Waals surface area contributed by atoms with Gasteiger partial charge < -0.3 is 29.6 Å². The molecule has 0 spiro atoms. The van der Waals surface area contributed by atoms with Crippen LogP contribution in [0.2, 0.25) is 5.02 Å². The normalized spacial score (nSPS) is 24.2. The summed E-state index contributed by atoms with van der Waals surface area (Å²) >= 11 is 5.94. The molecule has 236 valence electrons. The summed E-state index contributed by atoms with van der Waals surface area (Å²) in [5.74, 6) is -0.532. The highest BCUT2D eigenvalue weighted by atomic mass is 35.5. The Morgan fingerprint density at radius 3 is 2.65 bits per heavy atom. The summed E-state index contributed by atoms with van der Waals surface area (Å²) in [7, 11) is -4.35. The van der Waals surface area contributed by atoms with Crippen LogP contribution in [0.15, 0.2) is 30.6 Å². The van der Waals surface area contributed by atoms with Gasteiger partial charge in [-0.2, -0.15) is 15.1 Å². The molecular formula is C26H35ClFN6O8P. The molecule has 2 aromatic heterocycles. The number of nitrogens with two attached hydrogens (primary N) is 1. The Labute approximate surface area is 252 Å². The molecule has 1 unspecified atom stereocenters. The lowest BCUT2D eigenvalue weighted by molar-refractivity contribution is -0.146. The van der Waals surface area contributed by atoms with Gasteiger partial charge in [-0.15, -0.1) is 0 Å². The molecule has 14 nitrogen and oxygen atoms in total. The Kier molecular flexibility index (Phi) is 10.1. The number of imidazole rings is 1. The van der Waals surface area contributed by atoms with Crippen molar-refractivity contribution in [1.29, 1.82) is 0 Å². The number of anilines is 1. The standard InChI is InChI=1S/C26H35ClFN6O8P/c1-6-38-22-19-21(31-25(29)32-22)34(13-30-19)24-26(5,28)20(35)18(41-24)12-40-43(37,42-17-9-7-16(27)8-10-17)33-15(4)23(36)39-11-14(2)3/h7-10,13-15,18,20,24,35H,6,11-12H2,1-5H3,(H,33,37)(H2,29,31,32)/t15-,18+,20+,24+,26+,43?/m0/s1. The van der Waals surface area contributed by atoms with Crippen LogP contribution in [0, 0.1) is 5.92 Å². The Hall–Kier alpha value is -3.07. The summed E-state index contributed by atoms with van der Waals surface area (Å²) in [4.78, 5) is 24.9. The average molecular weight is 645 g/mol. The number of esters is 1. The van der Waals surface area contributed by atoms with Crippen molar-refractivity contribution in [2.45, 2.75) is 64.8 Å². The van der Waals surface area contributed by atoms with Gasteiger partial charge in [-0.05, 0) is 51.0 Å². The first kappa shape index (κ1) is 32.8. The monoisotopic (exact) mass is 644 g/mol. The first-order valence-corrected chi connectivity index (χ1v) is 15.5. The second kappa shape index (κ2) is 13.3. The summed E-state index contributed by atoms with van der Waals surface area (Å²) in [5.41, 5.74) is 3.76. The number of rotatable bonds is 13. The molecule has 4 N–H and O–H groups in total. The number of halogens is 2. The fraction of sp³-hybridized carbons (Fsp3) is 0.538. The smallest absolute Gasteiger partial charge is 0.459 e. The van der Waals surface area contributed by atoms with Crippen molar-refractivity contribution in [3.05, 3.63) is 35.6 Å². The van der Waals surface area contributed by atoms with Crippen LogP contribution in [0.3, 0.4) is 0 Å². The highest BCUT2D eigenvalue weighted by Gasteiger charge is 2.56. The number of nitrogens with one attached hydrogen (secondary N) is 1. The number of carbonyl (C=O) groups is 1. The second-order valence-electron chi connectivity index (χ2n) is 10.5. The molecule has 43 heavy (non-hydrogen) atoms. The Morgan fingerprint density at radius 1 is 1.30 bits per heavy atom. The first-order chi connectivity index (χ1) is 20.2.